The van der Waals surface area contributed by atoms with Gasteiger partial charge in [0.25, 0.3) is 0 Å². The molecule has 4 rings (SSSR count). The fourth-order valence-corrected chi connectivity index (χ4v) is 3.28. The number of nitrogens with one attached hydrogen (secondary N) is 1. The zero-order valence-corrected chi connectivity index (χ0v) is 15.1. The van der Waals surface area contributed by atoms with Crippen LogP contribution in [0.5, 0.6) is 0 Å². The van der Waals surface area contributed by atoms with Crippen LogP contribution in [0.25, 0.3) is 5.69 Å². The van der Waals surface area contributed by atoms with E-state index in [1.54, 1.807) is 55.5 Å². The summed E-state index contributed by atoms with van der Waals surface area (Å²) in [6, 6.07) is 15.6. The lowest BCUT2D eigenvalue weighted by Gasteiger charge is -2.27. The Balaban J connectivity index is 1.65. The molecule has 1 atom stereocenters. The molecular weight excluding hydrogens is 360 g/mol. The summed E-state index contributed by atoms with van der Waals surface area (Å²) < 4.78 is 2.16. The zero-order valence-electron chi connectivity index (χ0n) is 15.1. The van der Waals surface area contributed by atoms with E-state index in [1.165, 1.54) is 4.90 Å². The fraction of sp³-hybridized carbons (Fsp3) is 0.211. The highest BCUT2D eigenvalue weighted by molar-refractivity contribution is 6.04. The van der Waals surface area contributed by atoms with Crippen molar-refractivity contribution in [3.05, 3.63) is 65.1 Å². The van der Waals surface area contributed by atoms with E-state index < -0.39 is 5.69 Å². The molecule has 2 aromatic carbocycles. The number of benzene rings is 2. The first-order chi connectivity index (χ1) is 13.5. The van der Waals surface area contributed by atoms with Crippen molar-refractivity contribution < 1.29 is 9.59 Å². The van der Waals surface area contributed by atoms with Crippen molar-refractivity contribution in [1.82, 2.24) is 19.8 Å². The van der Waals surface area contributed by atoms with Crippen LogP contribution in [0, 0.1) is 0 Å². The summed E-state index contributed by atoms with van der Waals surface area (Å²) in [5.74, 6) is -0.513. The molecule has 0 aliphatic carbocycles. The van der Waals surface area contributed by atoms with Crippen LogP contribution in [0.4, 0.5) is 11.4 Å². The average Bonchev–Trinajstić information content (AvgIpc) is 2.97. The van der Waals surface area contributed by atoms with Crippen LogP contribution in [0.1, 0.15) is 13.3 Å². The van der Waals surface area contributed by atoms with E-state index in [2.05, 4.69) is 15.7 Å². The Bertz CT molecular complexity index is 1090. The summed E-state index contributed by atoms with van der Waals surface area (Å²) in [6.45, 7) is 1.52. The molecule has 142 valence electrons. The monoisotopic (exact) mass is 378 g/mol. The van der Waals surface area contributed by atoms with Crippen LogP contribution in [0.3, 0.4) is 0 Å². The first-order valence-electron chi connectivity index (χ1n) is 8.84. The van der Waals surface area contributed by atoms with Crippen LogP contribution in [0.15, 0.2) is 59.4 Å². The standard InChI is InChI=1S/C19H18N6O3/c1-13-11-17(26)20-15-9-5-6-10-16(15)24(13)18(27)12-23-19(28)25(22-21-23)14-7-3-2-4-8-14/h2-10,13H,11-12H2,1H3,(H,20,26)/t13-/m0/s1. The van der Waals surface area contributed by atoms with Crippen molar-refractivity contribution in [1.29, 1.82) is 0 Å². The molecule has 0 bridgehead atoms. The number of rotatable bonds is 3. The summed E-state index contributed by atoms with van der Waals surface area (Å²) in [5, 5.41) is 10.5. The van der Waals surface area contributed by atoms with Crippen LogP contribution in [0.2, 0.25) is 0 Å². The van der Waals surface area contributed by atoms with Crippen molar-refractivity contribution in [2.24, 2.45) is 0 Å². The van der Waals surface area contributed by atoms with Crippen molar-refractivity contribution >= 4 is 23.2 Å². The highest BCUT2D eigenvalue weighted by Crippen LogP contribution is 2.31. The van der Waals surface area contributed by atoms with Gasteiger partial charge in [0.1, 0.15) is 6.54 Å². The Morgan fingerprint density at radius 2 is 1.79 bits per heavy atom. The summed E-state index contributed by atoms with van der Waals surface area (Å²) in [5.41, 5.74) is 1.21. The zero-order chi connectivity index (χ0) is 19.7. The number of para-hydroxylation sites is 3. The molecule has 0 unspecified atom stereocenters. The third-order valence-electron chi connectivity index (χ3n) is 4.55. The number of aromatic nitrogens is 4. The Hall–Kier alpha value is -3.75. The number of hydrogen-bond acceptors (Lipinski definition) is 5. The molecular formula is C19H18N6O3. The van der Waals surface area contributed by atoms with Crippen molar-refractivity contribution in [2.45, 2.75) is 25.9 Å². The SMILES string of the molecule is C[C@H]1CC(=O)Nc2ccccc2N1C(=O)Cn1nnn(-c2ccccc2)c1=O. The molecule has 2 heterocycles. The third kappa shape index (κ3) is 3.18. The smallest absolute Gasteiger partial charge is 0.324 e. The van der Waals surface area contributed by atoms with Gasteiger partial charge in [-0.2, -0.15) is 9.36 Å². The van der Waals surface area contributed by atoms with Crippen LogP contribution in [-0.4, -0.2) is 37.6 Å². The number of fused-ring (bicyclic) bond motifs is 1. The van der Waals surface area contributed by atoms with E-state index >= 15 is 0 Å². The summed E-state index contributed by atoms with van der Waals surface area (Å²) in [7, 11) is 0. The Morgan fingerprint density at radius 3 is 2.57 bits per heavy atom. The number of anilines is 2. The highest BCUT2D eigenvalue weighted by atomic mass is 16.2. The first-order valence-corrected chi connectivity index (χ1v) is 8.84. The summed E-state index contributed by atoms with van der Waals surface area (Å²) in [6.07, 6.45) is 0.159. The Morgan fingerprint density at radius 1 is 1.07 bits per heavy atom. The van der Waals surface area contributed by atoms with Crippen molar-refractivity contribution in [2.75, 3.05) is 10.2 Å². The van der Waals surface area contributed by atoms with Crippen molar-refractivity contribution in [3.8, 4) is 5.69 Å². The van der Waals surface area contributed by atoms with E-state index in [0.717, 1.165) is 9.36 Å². The number of carbonyl (C=O) groups excluding carboxylic acids is 2. The Labute approximate surface area is 160 Å². The molecule has 9 nitrogen and oxygen atoms in total. The molecule has 0 spiro atoms. The fourth-order valence-electron chi connectivity index (χ4n) is 3.28. The van der Waals surface area contributed by atoms with E-state index in [9.17, 15) is 14.4 Å². The van der Waals surface area contributed by atoms with Gasteiger partial charge in [0.2, 0.25) is 11.8 Å². The molecule has 3 aromatic rings. The summed E-state index contributed by atoms with van der Waals surface area (Å²) in [4.78, 5) is 39.2. The molecule has 1 aliphatic rings. The van der Waals surface area contributed by atoms with E-state index in [-0.39, 0.29) is 30.8 Å². The van der Waals surface area contributed by atoms with Crippen LogP contribution < -0.4 is 15.9 Å². The van der Waals surface area contributed by atoms with Crippen LogP contribution in [-0.2, 0) is 16.1 Å². The van der Waals surface area contributed by atoms with Gasteiger partial charge in [-0.3, -0.25) is 9.59 Å². The van der Waals surface area contributed by atoms with Gasteiger partial charge in [-0.25, -0.2) is 4.79 Å². The predicted molar refractivity (Wildman–Crippen MR) is 102 cm³/mol. The number of tetrazole rings is 1. The molecule has 9 heteroatoms. The van der Waals surface area contributed by atoms with Crippen molar-refractivity contribution in [3.63, 3.8) is 0 Å². The number of hydrogen-bond donors (Lipinski definition) is 1. The highest BCUT2D eigenvalue weighted by Gasteiger charge is 2.30. The number of nitrogens with zero attached hydrogens (tertiary/aromatic N) is 5. The quantitative estimate of drug-likeness (QED) is 0.738. The van der Waals surface area contributed by atoms with Crippen LogP contribution >= 0.6 is 0 Å². The molecule has 1 aliphatic heterocycles. The van der Waals surface area contributed by atoms with Gasteiger partial charge in [-0.05, 0) is 41.6 Å². The van der Waals surface area contributed by atoms with Gasteiger partial charge < -0.3 is 10.2 Å². The predicted octanol–water partition coefficient (Wildman–Crippen LogP) is 1.19. The van der Waals surface area contributed by atoms with Gasteiger partial charge in [0.05, 0.1) is 17.1 Å². The second-order valence-electron chi connectivity index (χ2n) is 6.55. The summed E-state index contributed by atoms with van der Waals surface area (Å²) >= 11 is 0. The maximum absolute atomic E-state index is 13.0. The van der Waals surface area contributed by atoms with Gasteiger partial charge in [-0.1, -0.05) is 30.3 Å². The van der Waals surface area contributed by atoms with E-state index in [4.69, 9.17) is 0 Å². The lowest BCUT2D eigenvalue weighted by molar-refractivity contribution is -0.120. The second kappa shape index (κ2) is 7.10. The largest absolute Gasteiger partial charge is 0.368 e. The normalized spacial score (nSPS) is 16.2. The molecule has 0 saturated carbocycles. The topological polar surface area (TPSA) is 102 Å². The maximum Gasteiger partial charge on any atom is 0.368 e. The van der Waals surface area contributed by atoms with Gasteiger partial charge in [0, 0.05) is 12.5 Å². The molecule has 0 radical (unpaired) electrons. The van der Waals surface area contributed by atoms with Gasteiger partial charge >= 0.3 is 5.69 Å². The van der Waals surface area contributed by atoms with Gasteiger partial charge in [0.15, 0.2) is 0 Å². The number of carbonyl (C=O) groups is 2. The second-order valence-corrected chi connectivity index (χ2v) is 6.55. The molecule has 1 N–H and O–H groups in total. The minimum atomic E-state index is -0.510. The average molecular weight is 378 g/mol. The first kappa shape index (κ1) is 17.7. The molecule has 2 amide bonds. The minimum Gasteiger partial charge on any atom is -0.324 e. The molecule has 1 aromatic heterocycles. The maximum atomic E-state index is 13.0. The molecule has 0 fully saturated rings. The third-order valence-corrected chi connectivity index (χ3v) is 4.55. The minimum absolute atomic E-state index is 0.159. The van der Waals surface area contributed by atoms with E-state index in [0.29, 0.717) is 17.1 Å². The molecule has 28 heavy (non-hydrogen) atoms. The van der Waals surface area contributed by atoms with E-state index in [1.807, 2.05) is 6.07 Å². The number of amides is 2. The lowest BCUT2D eigenvalue weighted by atomic mass is 10.1. The van der Waals surface area contributed by atoms with Gasteiger partial charge in [-0.15, -0.1) is 0 Å². The Kier molecular flexibility index (Phi) is 4.48. The lowest BCUT2D eigenvalue weighted by Crippen LogP contribution is -2.42. The molecule has 0 saturated heterocycles.